The van der Waals surface area contributed by atoms with Gasteiger partial charge in [0, 0.05) is 18.3 Å². The van der Waals surface area contributed by atoms with Crippen LogP contribution in [-0.2, 0) is 20.8 Å². The lowest BCUT2D eigenvalue weighted by atomic mass is 10.1. The molecule has 1 aromatic heterocycles. The summed E-state index contributed by atoms with van der Waals surface area (Å²) in [6, 6.07) is 15.2. The first kappa shape index (κ1) is 24.9. The fourth-order valence-electron chi connectivity index (χ4n) is 3.67. The van der Waals surface area contributed by atoms with Crippen molar-refractivity contribution in [1.29, 1.82) is 0 Å². The molecule has 0 saturated carbocycles. The van der Waals surface area contributed by atoms with Crippen LogP contribution in [0.1, 0.15) is 32.5 Å². The molecule has 0 spiro atoms. The molecule has 3 aromatic rings. The number of aromatic amines is 1. The Morgan fingerprint density at radius 1 is 1.00 bits per heavy atom. The normalized spacial score (nSPS) is 20.6. The second-order valence-electron chi connectivity index (χ2n) is 7.88. The number of halogens is 2. The molecule has 0 radical (unpaired) electrons. The van der Waals surface area contributed by atoms with Crippen molar-refractivity contribution in [2.45, 2.75) is 30.9 Å². The minimum Gasteiger partial charge on any atom is -0.459 e. The molecule has 0 unspecified atom stereocenters. The van der Waals surface area contributed by atoms with E-state index in [2.05, 4.69) is 0 Å². The topological polar surface area (TPSA) is 143 Å². The maximum absolute atomic E-state index is 15.6. The molecular formula is C24H21F2N3O7. The Bertz CT molecular complexity index is 1360. The molecule has 188 valence electrons. The molecule has 10 nitrogen and oxygen atoms in total. The Kier molecular flexibility index (Phi) is 7.08. The van der Waals surface area contributed by atoms with E-state index in [9.17, 15) is 19.2 Å². The number of carbonyl (C=O) groups is 2. The zero-order valence-corrected chi connectivity index (χ0v) is 18.6. The van der Waals surface area contributed by atoms with Gasteiger partial charge in [-0.2, -0.15) is 8.78 Å². The van der Waals surface area contributed by atoms with Crippen LogP contribution in [0.15, 0.2) is 76.4 Å². The minimum atomic E-state index is -3.97. The largest absolute Gasteiger partial charge is 0.459 e. The number of rotatable bonds is 7. The molecule has 1 fully saturated rings. The van der Waals surface area contributed by atoms with E-state index in [-0.39, 0.29) is 23.2 Å². The first-order chi connectivity index (χ1) is 17.2. The number of H-pyrrole nitrogens is 1. The number of esters is 2. The third-order valence-corrected chi connectivity index (χ3v) is 5.50. The molecule has 0 amide bonds. The SMILES string of the molecule is NCc1cn([C@@H]2O[C@H](COC(=O)c3ccccc3)[C@@H](OC(=O)c3ccccc3)C2(F)F)c(=O)[nH]c1=O. The molecule has 0 aliphatic carbocycles. The molecule has 3 atom stereocenters. The van der Waals surface area contributed by atoms with Crippen LogP contribution in [-0.4, -0.2) is 46.2 Å². The van der Waals surface area contributed by atoms with Gasteiger partial charge in [0.1, 0.15) is 12.7 Å². The molecule has 1 aliphatic rings. The van der Waals surface area contributed by atoms with Crippen LogP contribution in [0.3, 0.4) is 0 Å². The summed E-state index contributed by atoms with van der Waals surface area (Å²) >= 11 is 0. The molecule has 12 heteroatoms. The molecule has 3 N–H and O–H groups in total. The standard InChI is InChI=1S/C24H21F2N3O7/c25-24(26)18(36-21(32)15-9-5-2-6-10-15)17(13-34-20(31)14-7-3-1-4-8-14)35-22(24)29-12-16(11-27)19(30)28-23(29)33/h1-10,12,17-18,22H,11,13,27H2,(H,28,30,33)/t17-,18-,22-/m1/s1. The third kappa shape index (κ3) is 4.95. The summed E-state index contributed by atoms with van der Waals surface area (Å²) < 4.78 is 47.4. The molecule has 1 saturated heterocycles. The molecule has 1 aliphatic heterocycles. The summed E-state index contributed by atoms with van der Waals surface area (Å²) in [6.07, 6.45) is -5.32. The van der Waals surface area contributed by atoms with Crippen LogP contribution in [0.2, 0.25) is 0 Å². The molecule has 2 heterocycles. The smallest absolute Gasteiger partial charge is 0.338 e. The van der Waals surface area contributed by atoms with Crippen molar-refractivity contribution in [2.75, 3.05) is 6.61 Å². The number of hydrogen-bond acceptors (Lipinski definition) is 8. The van der Waals surface area contributed by atoms with Gasteiger partial charge in [0.2, 0.25) is 6.23 Å². The van der Waals surface area contributed by atoms with Crippen LogP contribution in [0.4, 0.5) is 8.78 Å². The van der Waals surface area contributed by atoms with Crippen molar-refractivity contribution in [3.8, 4) is 0 Å². The van der Waals surface area contributed by atoms with Gasteiger partial charge in [0.05, 0.1) is 11.1 Å². The zero-order valence-electron chi connectivity index (χ0n) is 18.6. The molecular weight excluding hydrogens is 480 g/mol. The number of ether oxygens (including phenoxy) is 3. The number of carbonyl (C=O) groups excluding carboxylic acids is 2. The van der Waals surface area contributed by atoms with Crippen molar-refractivity contribution in [3.05, 3.63) is 104 Å². The minimum absolute atomic E-state index is 0.00315. The number of alkyl halides is 2. The highest BCUT2D eigenvalue weighted by Gasteiger charge is 2.63. The van der Waals surface area contributed by atoms with E-state index in [0.717, 1.165) is 6.20 Å². The van der Waals surface area contributed by atoms with Crippen LogP contribution < -0.4 is 17.0 Å². The molecule has 2 aromatic carbocycles. The first-order valence-corrected chi connectivity index (χ1v) is 10.8. The van der Waals surface area contributed by atoms with Crippen LogP contribution in [0, 0.1) is 0 Å². The number of nitrogens with zero attached hydrogens (tertiary/aromatic N) is 1. The van der Waals surface area contributed by atoms with E-state index < -0.39 is 54.2 Å². The van der Waals surface area contributed by atoms with Crippen LogP contribution in [0.25, 0.3) is 0 Å². The summed E-state index contributed by atoms with van der Waals surface area (Å²) in [4.78, 5) is 51.1. The van der Waals surface area contributed by atoms with Gasteiger partial charge in [0.15, 0.2) is 6.10 Å². The second-order valence-corrected chi connectivity index (χ2v) is 7.88. The van der Waals surface area contributed by atoms with Gasteiger partial charge in [-0.1, -0.05) is 36.4 Å². The highest BCUT2D eigenvalue weighted by molar-refractivity contribution is 5.90. The number of benzene rings is 2. The fraction of sp³-hybridized carbons (Fsp3) is 0.250. The van der Waals surface area contributed by atoms with E-state index in [1.165, 1.54) is 36.4 Å². The van der Waals surface area contributed by atoms with Crippen LogP contribution in [0.5, 0.6) is 0 Å². The summed E-state index contributed by atoms with van der Waals surface area (Å²) in [5.74, 6) is -5.85. The predicted octanol–water partition coefficient (Wildman–Crippen LogP) is 1.61. The Morgan fingerprint density at radius 3 is 2.17 bits per heavy atom. The zero-order chi connectivity index (χ0) is 25.9. The van der Waals surface area contributed by atoms with Gasteiger partial charge >= 0.3 is 23.6 Å². The summed E-state index contributed by atoms with van der Waals surface area (Å²) in [5, 5.41) is 0. The highest BCUT2D eigenvalue weighted by atomic mass is 19.3. The average Bonchev–Trinajstić information content (AvgIpc) is 3.13. The first-order valence-electron chi connectivity index (χ1n) is 10.8. The maximum Gasteiger partial charge on any atom is 0.338 e. The van der Waals surface area contributed by atoms with Crippen molar-refractivity contribution in [2.24, 2.45) is 5.73 Å². The van der Waals surface area contributed by atoms with E-state index in [4.69, 9.17) is 19.9 Å². The average molecular weight is 501 g/mol. The Hall–Kier alpha value is -4.16. The lowest BCUT2D eigenvalue weighted by molar-refractivity contribution is -0.142. The quantitative estimate of drug-likeness (QED) is 0.465. The summed E-state index contributed by atoms with van der Waals surface area (Å²) in [5.41, 5.74) is 3.47. The number of aromatic nitrogens is 2. The van der Waals surface area contributed by atoms with E-state index in [0.29, 0.717) is 4.57 Å². The van der Waals surface area contributed by atoms with E-state index >= 15 is 8.78 Å². The highest BCUT2D eigenvalue weighted by Crippen LogP contribution is 2.44. The van der Waals surface area contributed by atoms with Crippen molar-refractivity contribution in [3.63, 3.8) is 0 Å². The Balaban J connectivity index is 1.65. The van der Waals surface area contributed by atoms with Gasteiger partial charge in [0.25, 0.3) is 5.56 Å². The van der Waals surface area contributed by atoms with Crippen molar-refractivity contribution in [1.82, 2.24) is 9.55 Å². The third-order valence-electron chi connectivity index (χ3n) is 5.50. The molecule has 4 rings (SSSR count). The Labute approximate surface area is 202 Å². The maximum atomic E-state index is 15.6. The Morgan fingerprint density at radius 2 is 1.58 bits per heavy atom. The van der Waals surface area contributed by atoms with Gasteiger partial charge in [-0.25, -0.2) is 14.4 Å². The second kappa shape index (κ2) is 10.2. The fourth-order valence-corrected chi connectivity index (χ4v) is 3.67. The van der Waals surface area contributed by atoms with E-state index in [1.54, 1.807) is 24.3 Å². The lowest BCUT2D eigenvalue weighted by Crippen LogP contribution is -2.45. The van der Waals surface area contributed by atoms with Crippen LogP contribution >= 0.6 is 0 Å². The number of nitrogens with one attached hydrogen (secondary N) is 1. The summed E-state index contributed by atoms with van der Waals surface area (Å²) in [6.45, 7) is -1.05. The van der Waals surface area contributed by atoms with Gasteiger partial charge < -0.3 is 19.9 Å². The number of hydrogen-bond donors (Lipinski definition) is 2. The van der Waals surface area contributed by atoms with E-state index in [1.807, 2.05) is 4.98 Å². The summed E-state index contributed by atoms with van der Waals surface area (Å²) in [7, 11) is 0. The number of nitrogens with two attached hydrogens (primary N) is 1. The monoisotopic (exact) mass is 501 g/mol. The van der Waals surface area contributed by atoms with Gasteiger partial charge in [-0.15, -0.1) is 0 Å². The predicted molar refractivity (Wildman–Crippen MR) is 120 cm³/mol. The molecule has 36 heavy (non-hydrogen) atoms. The van der Waals surface area contributed by atoms with Crippen molar-refractivity contribution >= 4 is 11.9 Å². The van der Waals surface area contributed by atoms with Crippen molar-refractivity contribution < 1.29 is 32.6 Å². The van der Waals surface area contributed by atoms with Gasteiger partial charge in [-0.05, 0) is 24.3 Å². The van der Waals surface area contributed by atoms with Gasteiger partial charge in [-0.3, -0.25) is 14.3 Å². The molecule has 0 bridgehead atoms. The lowest BCUT2D eigenvalue weighted by Gasteiger charge is -2.24.